The van der Waals surface area contributed by atoms with Crippen LogP contribution >= 0.6 is 0 Å². The first kappa shape index (κ1) is 22.8. The zero-order valence-corrected chi connectivity index (χ0v) is 18.1. The molecule has 34 heavy (non-hydrogen) atoms. The van der Waals surface area contributed by atoms with Gasteiger partial charge in [-0.1, -0.05) is 31.2 Å². The van der Waals surface area contributed by atoms with Crippen molar-refractivity contribution in [3.63, 3.8) is 0 Å². The van der Waals surface area contributed by atoms with E-state index in [-0.39, 0.29) is 29.4 Å². The standard InChI is InChI=1S/C23H20N4O7/c1-14-3-2-4-19-20(14)23(30)25(22(19)29)24(13-15-5-9-17(10-6-15)26(31)32)21(28)16-7-11-18(12-8-16)27(33)34/h2-3,5-12,14,19-20H,4,13H2,1H3/t14-,19-,20-/m1/s1. The molecule has 2 aromatic rings. The molecule has 2 aliphatic rings. The van der Waals surface area contributed by atoms with Gasteiger partial charge in [0.1, 0.15) is 0 Å². The van der Waals surface area contributed by atoms with Gasteiger partial charge < -0.3 is 0 Å². The molecule has 0 radical (unpaired) electrons. The molecule has 2 aromatic carbocycles. The van der Waals surface area contributed by atoms with Gasteiger partial charge >= 0.3 is 0 Å². The van der Waals surface area contributed by atoms with Crippen LogP contribution in [0.25, 0.3) is 0 Å². The van der Waals surface area contributed by atoms with Gasteiger partial charge in [-0.3, -0.25) is 34.6 Å². The Morgan fingerprint density at radius 2 is 1.53 bits per heavy atom. The second kappa shape index (κ2) is 8.85. The van der Waals surface area contributed by atoms with E-state index in [1.807, 2.05) is 19.1 Å². The van der Waals surface area contributed by atoms with Gasteiger partial charge in [0.05, 0.1) is 28.2 Å². The molecule has 1 heterocycles. The summed E-state index contributed by atoms with van der Waals surface area (Å²) in [7, 11) is 0. The molecule has 0 unspecified atom stereocenters. The van der Waals surface area contributed by atoms with Gasteiger partial charge in [-0.25, -0.2) is 5.01 Å². The minimum atomic E-state index is -0.700. The van der Waals surface area contributed by atoms with E-state index in [1.54, 1.807) is 0 Å². The van der Waals surface area contributed by atoms with Crippen molar-refractivity contribution in [2.24, 2.45) is 17.8 Å². The summed E-state index contributed by atoms with van der Waals surface area (Å²) in [5, 5.41) is 23.8. The fraction of sp³-hybridized carbons (Fsp3) is 0.261. The first-order valence-electron chi connectivity index (χ1n) is 10.5. The largest absolute Gasteiger partial charge is 0.273 e. The highest BCUT2D eigenvalue weighted by atomic mass is 16.6. The molecule has 1 fully saturated rings. The van der Waals surface area contributed by atoms with Gasteiger partial charge in [-0.05, 0) is 30.0 Å². The van der Waals surface area contributed by atoms with Crippen molar-refractivity contribution < 1.29 is 24.2 Å². The summed E-state index contributed by atoms with van der Waals surface area (Å²) in [6.07, 6.45) is 4.10. The van der Waals surface area contributed by atoms with Crippen LogP contribution in [0.5, 0.6) is 0 Å². The number of carbonyl (C=O) groups is 3. The molecule has 3 amide bonds. The molecular weight excluding hydrogens is 444 g/mol. The van der Waals surface area contributed by atoms with E-state index in [0.717, 1.165) is 22.2 Å². The van der Waals surface area contributed by atoms with Gasteiger partial charge in [0.25, 0.3) is 29.1 Å². The Hall–Kier alpha value is -4.41. The normalized spacial score (nSPS) is 21.3. The summed E-state index contributed by atoms with van der Waals surface area (Å²) in [4.78, 5) is 60.8. The third-order valence-corrected chi connectivity index (χ3v) is 6.13. The number of nitro benzene ring substituents is 2. The fourth-order valence-corrected chi connectivity index (χ4v) is 4.37. The molecule has 0 N–H and O–H groups in total. The predicted molar refractivity (Wildman–Crippen MR) is 118 cm³/mol. The molecule has 0 aromatic heterocycles. The molecular formula is C23H20N4O7. The number of carbonyl (C=O) groups excluding carboxylic acids is 3. The Labute approximate surface area is 193 Å². The van der Waals surface area contributed by atoms with E-state index in [0.29, 0.717) is 12.0 Å². The van der Waals surface area contributed by atoms with Crippen molar-refractivity contribution >= 4 is 29.1 Å². The van der Waals surface area contributed by atoms with Crippen LogP contribution < -0.4 is 0 Å². The number of hydrazine groups is 1. The maximum Gasteiger partial charge on any atom is 0.273 e. The number of amides is 3. The second-order valence-corrected chi connectivity index (χ2v) is 8.23. The maximum atomic E-state index is 13.5. The topological polar surface area (TPSA) is 144 Å². The second-order valence-electron chi connectivity index (χ2n) is 8.23. The first-order chi connectivity index (χ1) is 16.2. The van der Waals surface area contributed by atoms with E-state index >= 15 is 0 Å². The van der Waals surface area contributed by atoms with Crippen LogP contribution in [0.3, 0.4) is 0 Å². The molecule has 11 nitrogen and oxygen atoms in total. The quantitative estimate of drug-likeness (QED) is 0.276. The van der Waals surface area contributed by atoms with Gasteiger partial charge in [-0.15, -0.1) is 0 Å². The highest BCUT2D eigenvalue weighted by Gasteiger charge is 2.53. The number of non-ortho nitro benzene ring substituents is 2. The monoisotopic (exact) mass is 464 g/mol. The van der Waals surface area contributed by atoms with E-state index in [2.05, 4.69) is 0 Å². The molecule has 1 aliphatic carbocycles. The molecule has 3 atom stereocenters. The smallest absolute Gasteiger partial charge is 0.272 e. The van der Waals surface area contributed by atoms with Crippen LogP contribution in [0.2, 0.25) is 0 Å². The SMILES string of the molecule is C[C@@H]1C=CC[C@H]2C(=O)N(N(Cc3ccc([N+](=O)[O-])cc3)C(=O)c3ccc([N+](=O)[O-])cc3)C(=O)[C@H]12. The lowest BCUT2D eigenvalue weighted by Gasteiger charge is -2.31. The number of hydrogen-bond donors (Lipinski definition) is 0. The van der Waals surface area contributed by atoms with E-state index < -0.39 is 39.4 Å². The van der Waals surface area contributed by atoms with Crippen molar-refractivity contribution in [3.05, 3.63) is 92.0 Å². The molecule has 0 spiro atoms. The predicted octanol–water partition coefficient (Wildman–Crippen LogP) is 3.26. The summed E-state index contributed by atoms with van der Waals surface area (Å²) in [5.41, 5.74) is 0.158. The molecule has 4 rings (SSSR count). The molecule has 1 saturated heterocycles. The number of nitrogens with zero attached hydrogens (tertiary/aromatic N) is 4. The maximum absolute atomic E-state index is 13.5. The third kappa shape index (κ3) is 4.03. The van der Waals surface area contributed by atoms with Crippen molar-refractivity contribution in [2.45, 2.75) is 19.9 Å². The van der Waals surface area contributed by atoms with Crippen LogP contribution in [-0.4, -0.2) is 37.6 Å². The highest BCUT2D eigenvalue weighted by Crippen LogP contribution is 2.39. The van der Waals surface area contributed by atoms with Crippen LogP contribution in [-0.2, 0) is 16.1 Å². The van der Waals surface area contributed by atoms with Gasteiger partial charge in [-0.2, -0.15) is 5.01 Å². The number of rotatable bonds is 6. The van der Waals surface area contributed by atoms with Crippen LogP contribution in [0.1, 0.15) is 29.3 Å². The Kier molecular flexibility index (Phi) is 5.93. The molecule has 1 aliphatic heterocycles. The third-order valence-electron chi connectivity index (χ3n) is 6.13. The van der Waals surface area contributed by atoms with Crippen LogP contribution in [0.15, 0.2) is 60.7 Å². The van der Waals surface area contributed by atoms with Gasteiger partial charge in [0, 0.05) is 29.8 Å². The van der Waals surface area contributed by atoms with E-state index in [1.165, 1.54) is 36.4 Å². The number of nitro groups is 2. The van der Waals surface area contributed by atoms with Crippen LogP contribution in [0, 0.1) is 38.0 Å². The van der Waals surface area contributed by atoms with Crippen molar-refractivity contribution in [1.29, 1.82) is 0 Å². The average Bonchev–Trinajstić information content (AvgIpc) is 3.08. The molecule has 0 saturated carbocycles. The Balaban J connectivity index is 1.71. The molecule has 11 heteroatoms. The molecule has 0 bridgehead atoms. The Morgan fingerprint density at radius 3 is 2.06 bits per heavy atom. The average molecular weight is 464 g/mol. The first-order valence-corrected chi connectivity index (χ1v) is 10.5. The number of benzene rings is 2. The molecule has 174 valence electrons. The number of fused-ring (bicyclic) bond motifs is 1. The van der Waals surface area contributed by atoms with E-state index in [9.17, 15) is 34.6 Å². The summed E-state index contributed by atoms with van der Waals surface area (Å²) in [5.74, 6) is -3.06. The lowest BCUT2D eigenvalue weighted by molar-refractivity contribution is -0.385. The van der Waals surface area contributed by atoms with Gasteiger partial charge in [0.15, 0.2) is 0 Å². The zero-order chi connectivity index (χ0) is 24.6. The number of imide groups is 1. The van der Waals surface area contributed by atoms with Crippen molar-refractivity contribution in [1.82, 2.24) is 10.0 Å². The van der Waals surface area contributed by atoms with Crippen molar-refractivity contribution in [2.75, 3.05) is 0 Å². The number of hydrogen-bond acceptors (Lipinski definition) is 7. The summed E-state index contributed by atoms with van der Waals surface area (Å²) in [6.45, 7) is 1.63. The van der Waals surface area contributed by atoms with Gasteiger partial charge in [0.2, 0.25) is 0 Å². The zero-order valence-electron chi connectivity index (χ0n) is 18.1. The fourth-order valence-electron chi connectivity index (χ4n) is 4.37. The lowest BCUT2D eigenvalue weighted by atomic mass is 9.78. The van der Waals surface area contributed by atoms with Crippen LogP contribution in [0.4, 0.5) is 11.4 Å². The minimum Gasteiger partial charge on any atom is -0.272 e. The summed E-state index contributed by atoms with van der Waals surface area (Å²) in [6, 6.07) is 10.3. The Bertz CT molecular complexity index is 1210. The van der Waals surface area contributed by atoms with Crippen molar-refractivity contribution in [3.8, 4) is 0 Å². The van der Waals surface area contributed by atoms with E-state index in [4.69, 9.17) is 0 Å². The Morgan fingerprint density at radius 1 is 0.971 bits per heavy atom. The number of allylic oxidation sites excluding steroid dienone is 2. The summed E-state index contributed by atoms with van der Waals surface area (Å²) >= 11 is 0. The lowest BCUT2D eigenvalue weighted by Crippen LogP contribution is -2.50. The highest BCUT2D eigenvalue weighted by molar-refractivity contribution is 6.08. The summed E-state index contributed by atoms with van der Waals surface area (Å²) < 4.78 is 0. The minimum absolute atomic E-state index is 0.0501.